The van der Waals surface area contributed by atoms with Crippen molar-refractivity contribution < 1.29 is 4.79 Å². The number of amides is 1. The lowest BCUT2D eigenvalue weighted by Crippen LogP contribution is -2.38. The maximum Gasteiger partial charge on any atom is 0.254 e. The van der Waals surface area contributed by atoms with Crippen molar-refractivity contribution in [3.63, 3.8) is 0 Å². The SMILES string of the molecule is Cc1ccc(N)cc1C(=O)N(C)C1CCCCC1.Cl. The Balaban J connectivity index is 0.00000180. The number of anilines is 1. The monoisotopic (exact) mass is 282 g/mol. The Morgan fingerprint density at radius 1 is 1.26 bits per heavy atom. The zero-order valence-electron chi connectivity index (χ0n) is 11.7. The molecule has 1 saturated carbocycles. The van der Waals surface area contributed by atoms with Crippen molar-refractivity contribution in [3.8, 4) is 0 Å². The topological polar surface area (TPSA) is 46.3 Å². The number of hydrogen-bond donors (Lipinski definition) is 1. The van der Waals surface area contributed by atoms with E-state index in [2.05, 4.69) is 0 Å². The first-order valence-electron chi connectivity index (χ1n) is 6.73. The fourth-order valence-electron chi connectivity index (χ4n) is 2.69. The molecule has 1 amide bonds. The van der Waals surface area contributed by atoms with Gasteiger partial charge in [0.25, 0.3) is 5.91 Å². The molecule has 2 N–H and O–H groups in total. The Morgan fingerprint density at radius 2 is 1.89 bits per heavy atom. The van der Waals surface area contributed by atoms with E-state index >= 15 is 0 Å². The maximum absolute atomic E-state index is 12.5. The van der Waals surface area contributed by atoms with Crippen molar-refractivity contribution in [2.45, 2.75) is 45.1 Å². The highest BCUT2D eigenvalue weighted by molar-refractivity contribution is 5.96. The number of hydrogen-bond acceptors (Lipinski definition) is 2. The van der Waals surface area contributed by atoms with Gasteiger partial charge >= 0.3 is 0 Å². The number of nitrogens with two attached hydrogens (primary N) is 1. The van der Waals surface area contributed by atoms with Crippen LogP contribution in [0.4, 0.5) is 5.69 Å². The van der Waals surface area contributed by atoms with Crippen LogP contribution in [0.5, 0.6) is 0 Å². The third-order valence-corrected chi connectivity index (χ3v) is 3.93. The van der Waals surface area contributed by atoms with Gasteiger partial charge in [-0.2, -0.15) is 0 Å². The Hall–Kier alpha value is -1.22. The van der Waals surface area contributed by atoms with E-state index < -0.39 is 0 Å². The van der Waals surface area contributed by atoms with Crippen LogP contribution in [-0.4, -0.2) is 23.9 Å². The number of halogens is 1. The number of rotatable bonds is 2. The zero-order chi connectivity index (χ0) is 13.1. The van der Waals surface area contributed by atoms with Gasteiger partial charge in [0.05, 0.1) is 0 Å². The number of carbonyl (C=O) groups is 1. The van der Waals surface area contributed by atoms with Crippen molar-refractivity contribution in [2.24, 2.45) is 0 Å². The van der Waals surface area contributed by atoms with Crippen LogP contribution in [0, 0.1) is 6.92 Å². The van der Waals surface area contributed by atoms with Crippen LogP contribution in [0.2, 0.25) is 0 Å². The third kappa shape index (κ3) is 3.63. The standard InChI is InChI=1S/C15H22N2O.ClH/c1-11-8-9-12(16)10-14(11)15(18)17(2)13-6-4-3-5-7-13;/h8-10,13H,3-7,16H2,1-2H3;1H. The first kappa shape index (κ1) is 15.8. The van der Waals surface area contributed by atoms with Crippen LogP contribution >= 0.6 is 12.4 Å². The molecule has 4 heteroatoms. The highest BCUT2D eigenvalue weighted by Gasteiger charge is 2.23. The molecular weight excluding hydrogens is 260 g/mol. The van der Waals surface area contributed by atoms with Gasteiger partial charge in [0.15, 0.2) is 0 Å². The van der Waals surface area contributed by atoms with Crippen molar-refractivity contribution in [3.05, 3.63) is 29.3 Å². The average Bonchev–Trinajstić information content (AvgIpc) is 2.41. The predicted molar refractivity (Wildman–Crippen MR) is 81.8 cm³/mol. The summed E-state index contributed by atoms with van der Waals surface area (Å²) in [6.45, 7) is 1.96. The van der Waals surface area contributed by atoms with E-state index in [4.69, 9.17) is 5.73 Å². The summed E-state index contributed by atoms with van der Waals surface area (Å²) in [5.41, 5.74) is 8.16. The number of nitrogens with zero attached hydrogens (tertiary/aromatic N) is 1. The van der Waals surface area contributed by atoms with Crippen molar-refractivity contribution >= 4 is 24.0 Å². The fraction of sp³-hybridized carbons (Fsp3) is 0.533. The molecule has 1 aromatic rings. The minimum Gasteiger partial charge on any atom is -0.399 e. The first-order valence-corrected chi connectivity index (χ1v) is 6.73. The molecule has 0 heterocycles. The molecule has 0 bridgehead atoms. The lowest BCUT2D eigenvalue weighted by atomic mass is 9.94. The number of benzene rings is 1. The summed E-state index contributed by atoms with van der Waals surface area (Å²) in [6, 6.07) is 5.94. The molecule has 0 radical (unpaired) electrons. The van der Waals surface area contributed by atoms with Gasteiger partial charge in [-0.05, 0) is 37.5 Å². The van der Waals surface area contributed by atoms with E-state index in [0.29, 0.717) is 11.7 Å². The molecule has 2 rings (SSSR count). The average molecular weight is 283 g/mol. The van der Waals surface area contributed by atoms with Gasteiger partial charge in [0.2, 0.25) is 0 Å². The summed E-state index contributed by atoms with van der Waals surface area (Å²) in [7, 11) is 1.92. The Kier molecular flexibility index (Phi) is 5.67. The highest BCUT2D eigenvalue weighted by Crippen LogP contribution is 2.24. The first-order chi connectivity index (χ1) is 8.59. The molecule has 19 heavy (non-hydrogen) atoms. The molecule has 0 spiro atoms. The molecule has 1 aliphatic carbocycles. The summed E-state index contributed by atoms with van der Waals surface area (Å²) in [5.74, 6) is 0.103. The van der Waals surface area contributed by atoms with Gasteiger partial charge in [-0.15, -0.1) is 12.4 Å². The summed E-state index contributed by atoms with van der Waals surface area (Å²) < 4.78 is 0. The molecule has 0 unspecified atom stereocenters. The van der Waals surface area contributed by atoms with Gasteiger partial charge in [0.1, 0.15) is 0 Å². The minimum atomic E-state index is 0. The smallest absolute Gasteiger partial charge is 0.254 e. The van der Waals surface area contributed by atoms with Gasteiger partial charge in [0, 0.05) is 24.3 Å². The maximum atomic E-state index is 12.5. The zero-order valence-corrected chi connectivity index (χ0v) is 12.5. The minimum absolute atomic E-state index is 0. The fourth-order valence-corrected chi connectivity index (χ4v) is 2.69. The molecule has 0 atom stereocenters. The summed E-state index contributed by atoms with van der Waals surface area (Å²) in [6.07, 6.45) is 6.03. The Morgan fingerprint density at radius 3 is 2.53 bits per heavy atom. The number of carbonyl (C=O) groups excluding carboxylic acids is 1. The lowest BCUT2D eigenvalue weighted by Gasteiger charge is -2.31. The van der Waals surface area contributed by atoms with Crippen LogP contribution < -0.4 is 5.73 Å². The van der Waals surface area contributed by atoms with E-state index in [0.717, 1.165) is 24.0 Å². The van der Waals surface area contributed by atoms with Crippen molar-refractivity contribution in [1.29, 1.82) is 0 Å². The summed E-state index contributed by atoms with van der Waals surface area (Å²) in [4.78, 5) is 14.4. The summed E-state index contributed by atoms with van der Waals surface area (Å²) in [5, 5.41) is 0. The second-order valence-corrected chi connectivity index (χ2v) is 5.28. The molecule has 3 nitrogen and oxygen atoms in total. The molecule has 1 fully saturated rings. The van der Waals surface area contributed by atoms with Crippen LogP contribution in [0.25, 0.3) is 0 Å². The lowest BCUT2D eigenvalue weighted by molar-refractivity contribution is 0.0695. The number of nitrogen functional groups attached to an aromatic ring is 1. The van der Waals surface area contributed by atoms with Gasteiger partial charge in [-0.25, -0.2) is 0 Å². The highest BCUT2D eigenvalue weighted by atomic mass is 35.5. The van der Waals surface area contributed by atoms with Crippen molar-refractivity contribution in [2.75, 3.05) is 12.8 Å². The molecule has 0 saturated heterocycles. The normalized spacial score (nSPS) is 15.7. The van der Waals surface area contributed by atoms with E-state index in [1.54, 1.807) is 6.07 Å². The van der Waals surface area contributed by atoms with E-state index in [9.17, 15) is 4.79 Å². The van der Waals surface area contributed by atoms with Crippen LogP contribution in [0.1, 0.15) is 48.0 Å². The number of aryl methyl sites for hydroxylation is 1. The van der Waals surface area contributed by atoms with E-state index in [1.807, 2.05) is 31.0 Å². The largest absolute Gasteiger partial charge is 0.399 e. The molecule has 106 valence electrons. The van der Waals surface area contributed by atoms with Crippen molar-refractivity contribution in [1.82, 2.24) is 4.90 Å². The Labute approximate surface area is 121 Å². The molecular formula is C15H23ClN2O. The quantitative estimate of drug-likeness (QED) is 0.845. The third-order valence-electron chi connectivity index (χ3n) is 3.93. The van der Waals surface area contributed by atoms with Gasteiger partial charge in [-0.1, -0.05) is 25.3 Å². The van der Waals surface area contributed by atoms with Crippen LogP contribution in [-0.2, 0) is 0 Å². The predicted octanol–water partition coefficient (Wildman–Crippen LogP) is 3.40. The molecule has 0 aliphatic heterocycles. The van der Waals surface area contributed by atoms with E-state index in [1.165, 1.54) is 19.3 Å². The van der Waals surface area contributed by atoms with Crippen LogP contribution in [0.15, 0.2) is 18.2 Å². The van der Waals surface area contributed by atoms with Gasteiger partial charge < -0.3 is 10.6 Å². The molecule has 1 aliphatic rings. The van der Waals surface area contributed by atoms with Gasteiger partial charge in [-0.3, -0.25) is 4.79 Å². The second kappa shape index (κ2) is 6.80. The van der Waals surface area contributed by atoms with Crippen LogP contribution in [0.3, 0.4) is 0 Å². The summed E-state index contributed by atoms with van der Waals surface area (Å²) >= 11 is 0. The van der Waals surface area contributed by atoms with E-state index in [-0.39, 0.29) is 18.3 Å². The molecule has 1 aromatic carbocycles. The molecule has 0 aromatic heterocycles. The second-order valence-electron chi connectivity index (χ2n) is 5.28. The Bertz CT molecular complexity index is 442.